The fraction of sp³-hybridized carbons (Fsp3) is 0.600. The van der Waals surface area contributed by atoms with E-state index >= 15 is 0 Å². The first-order valence-corrected chi connectivity index (χ1v) is 6.76. The zero-order valence-corrected chi connectivity index (χ0v) is 10.3. The van der Waals surface area contributed by atoms with Gasteiger partial charge in [-0.05, 0) is 37.8 Å². The minimum atomic E-state index is -0.465. The predicted molar refractivity (Wildman–Crippen MR) is 68.9 cm³/mol. The first-order chi connectivity index (χ1) is 8.25. The molecule has 2 nitrogen and oxygen atoms in total. The molecule has 0 aromatic heterocycles. The van der Waals surface area contributed by atoms with E-state index in [2.05, 4.69) is 29.2 Å². The summed E-state index contributed by atoms with van der Waals surface area (Å²) in [6.45, 7) is 2.32. The minimum Gasteiger partial charge on any atom is -0.389 e. The molecule has 2 heteroatoms. The summed E-state index contributed by atoms with van der Waals surface area (Å²) >= 11 is 0. The van der Waals surface area contributed by atoms with E-state index in [-0.39, 0.29) is 0 Å². The SMILES string of the molecule is OC1(Cc2ccccc2)CCN2CCCC2C1. The van der Waals surface area contributed by atoms with Gasteiger partial charge in [0.25, 0.3) is 0 Å². The summed E-state index contributed by atoms with van der Waals surface area (Å²) in [5.41, 5.74) is 0.800. The molecular weight excluding hydrogens is 210 g/mol. The van der Waals surface area contributed by atoms with Gasteiger partial charge in [0.2, 0.25) is 0 Å². The fourth-order valence-electron chi connectivity index (χ4n) is 3.45. The van der Waals surface area contributed by atoms with E-state index in [0.29, 0.717) is 6.04 Å². The largest absolute Gasteiger partial charge is 0.389 e. The van der Waals surface area contributed by atoms with E-state index in [0.717, 1.165) is 25.8 Å². The van der Waals surface area contributed by atoms with Gasteiger partial charge in [0.1, 0.15) is 0 Å². The molecule has 2 fully saturated rings. The van der Waals surface area contributed by atoms with Gasteiger partial charge in [0.05, 0.1) is 5.60 Å². The van der Waals surface area contributed by atoms with Crippen molar-refractivity contribution in [3.8, 4) is 0 Å². The summed E-state index contributed by atoms with van der Waals surface area (Å²) in [6.07, 6.45) is 5.29. The van der Waals surface area contributed by atoms with E-state index in [1.54, 1.807) is 0 Å². The molecule has 1 N–H and O–H groups in total. The van der Waals surface area contributed by atoms with Crippen LogP contribution in [0.25, 0.3) is 0 Å². The number of piperidine rings is 1. The standard InChI is InChI=1S/C15H21NO/c17-15(11-13-5-2-1-3-6-13)8-10-16-9-4-7-14(16)12-15/h1-3,5-6,14,17H,4,7-12H2. The van der Waals surface area contributed by atoms with Crippen LogP contribution in [-0.4, -0.2) is 34.7 Å². The van der Waals surface area contributed by atoms with Crippen LogP contribution in [0.4, 0.5) is 0 Å². The maximum absolute atomic E-state index is 10.7. The van der Waals surface area contributed by atoms with Crippen LogP contribution in [0.1, 0.15) is 31.2 Å². The molecule has 2 heterocycles. The van der Waals surface area contributed by atoms with Gasteiger partial charge in [-0.15, -0.1) is 0 Å². The number of rotatable bonds is 2. The van der Waals surface area contributed by atoms with Gasteiger partial charge in [-0.3, -0.25) is 0 Å². The van der Waals surface area contributed by atoms with Gasteiger partial charge in [0, 0.05) is 19.0 Å². The van der Waals surface area contributed by atoms with Crippen LogP contribution in [0.15, 0.2) is 30.3 Å². The quantitative estimate of drug-likeness (QED) is 0.843. The van der Waals surface area contributed by atoms with Crippen molar-refractivity contribution in [2.45, 2.75) is 43.7 Å². The second-order valence-corrected chi connectivity index (χ2v) is 5.67. The summed E-state index contributed by atoms with van der Waals surface area (Å²) in [5, 5.41) is 10.7. The molecule has 3 rings (SSSR count). The van der Waals surface area contributed by atoms with E-state index in [1.807, 2.05) is 6.07 Å². The third-order valence-electron chi connectivity index (χ3n) is 4.36. The van der Waals surface area contributed by atoms with E-state index < -0.39 is 5.60 Å². The lowest BCUT2D eigenvalue weighted by Crippen LogP contribution is -2.48. The van der Waals surface area contributed by atoms with Crippen LogP contribution in [0.5, 0.6) is 0 Å². The molecule has 0 aliphatic carbocycles. The Labute approximate surface area is 103 Å². The Morgan fingerprint density at radius 3 is 2.88 bits per heavy atom. The molecule has 0 radical (unpaired) electrons. The van der Waals surface area contributed by atoms with Gasteiger partial charge in [0.15, 0.2) is 0 Å². The number of nitrogens with zero attached hydrogens (tertiary/aromatic N) is 1. The molecule has 1 aromatic carbocycles. The number of benzene rings is 1. The maximum atomic E-state index is 10.7. The first kappa shape index (κ1) is 11.2. The molecule has 2 unspecified atom stereocenters. The van der Waals surface area contributed by atoms with Crippen LogP contribution in [0.2, 0.25) is 0 Å². The Morgan fingerprint density at radius 2 is 2.06 bits per heavy atom. The van der Waals surface area contributed by atoms with Gasteiger partial charge in [-0.25, -0.2) is 0 Å². The number of hydrogen-bond donors (Lipinski definition) is 1. The molecule has 2 saturated heterocycles. The van der Waals surface area contributed by atoms with Crippen LogP contribution >= 0.6 is 0 Å². The van der Waals surface area contributed by atoms with Gasteiger partial charge in [-0.1, -0.05) is 30.3 Å². The van der Waals surface area contributed by atoms with E-state index in [1.165, 1.54) is 24.9 Å². The minimum absolute atomic E-state index is 0.465. The highest BCUT2D eigenvalue weighted by atomic mass is 16.3. The smallest absolute Gasteiger partial charge is 0.0715 e. The summed E-state index contributed by atoms with van der Waals surface area (Å²) in [6, 6.07) is 11.0. The van der Waals surface area contributed by atoms with Crippen molar-refractivity contribution in [3.05, 3.63) is 35.9 Å². The van der Waals surface area contributed by atoms with Crippen LogP contribution in [0, 0.1) is 0 Å². The molecule has 0 amide bonds. The highest BCUT2D eigenvalue weighted by molar-refractivity contribution is 5.17. The molecule has 0 spiro atoms. The second kappa shape index (κ2) is 4.43. The third kappa shape index (κ3) is 2.38. The Bertz CT molecular complexity index is 378. The monoisotopic (exact) mass is 231 g/mol. The average molecular weight is 231 g/mol. The highest BCUT2D eigenvalue weighted by Gasteiger charge is 2.39. The van der Waals surface area contributed by atoms with Crippen molar-refractivity contribution in [1.29, 1.82) is 0 Å². The number of aliphatic hydroxyl groups is 1. The van der Waals surface area contributed by atoms with Crippen LogP contribution in [0.3, 0.4) is 0 Å². The highest BCUT2D eigenvalue weighted by Crippen LogP contribution is 2.34. The van der Waals surface area contributed by atoms with Crippen molar-refractivity contribution in [1.82, 2.24) is 4.90 Å². The summed E-state index contributed by atoms with van der Waals surface area (Å²) < 4.78 is 0. The molecular formula is C15H21NO. The molecule has 17 heavy (non-hydrogen) atoms. The number of hydrogen-bond acceptors (Lipinski definition) is 2. The molecule has 0 bridgehead atoms. The van der Waals surface area contributed by atoms with Crippen LogP contribution < -0.4 is 0 Å². The molecule has 2 aliphatic rings. The zero-order valence-electron chi connectivity index (χ0n) is 10.3. The maximum Gasteiger partial charge on any atom is 0.0715 e. The lowest BCUT2D eigenvalue weighted by molar-refractivity contribution is -0.0353. The van der Waals surface area contributed by atoms with Crippen molar-refractivity contribution in [3.63, 3.8) is 0 Å². The second-order valence-electron chi connectivity index (χ2n) is 5.67. The Balaban J connectivity index is 1.70. The molecule has 92 valence electrons. The first-order valence-electron chi connectivity index (χ1n) is 6.76. The van der Waals surface area contributed by atoms with Crippen molar-refractivity contribution in [2.24, 2.45) is 0 Å². The van der Waals surface area contributed by atoms with Gasteiger partial charge in [-0.2, -0.15) is 0 Å². The van der Waals surface area contributed by atoms with Gasteiger partial charge < -0.3 is 10.0 Å². The lowest BCUT2D eigenvalue weighted by Gasteiger charge is -2.41. The normalized spacial score (nSPS) is 33.6. The van der Waals surface area contributed by atoms with Crippen molar-refractivity contribution < 1.29 is 5.11 Å². The fourth-order valence-corrected chi connectivity index (χ4v) is 3.45. The Hall–Kier alpha value is -0.860. The summed E-state index contributed by atoms with van der Waals surface area (Å²) in [4.78, 5) is 2.56. The van der Waals surface area contributed by atoms with Crippen molar-refractivity contribution >= 4 is 0 Å². The summed E-state index contributed by atoms with van der Waals surface area (Å²) in [7, 11) is 0. The van der Waals surface area contributed by atoms with E-state index in [9.17, 15) is 5.11 Å². The molecule has 0 saturated carbocycles. The third-order valence-corrected chi connectivity index (χ3v) is 4.36. The van der Waals surface area contributed by atoms with Crippen molar-refractivity contribution in [2.75, 3.05) is 13.1 Å². The average Bonchev–Trinajstić information content (AvgIpc) is 2.76. The topological polar surface area (TPSA) is 23.5 Å². The van der Waals surface area contributed by atoms with Gasteiger partial charge >= 0.3 is 0 Å². The predicted octanol–water partition coefficient (Wildman–Crippen LogP) is 2.22. The van der Waals surface area contributed by atoms with Crippen LogP contribution in [-0.2, 0) is 6.42 Å². The lowest BCUT2D eigenvalue weighted by atomic mass is 9.82. The Morgan fingerprint density at radius 1 is 1.24 bits per heavy atom. The number of fused-ring (bicyclic) bond motifs is 1. The Kier molecular flexibility index (Phi) is 2.93. The zero-order chi connectivity index (χ0) is 11.7. The molecule has 2 aliphatic heterocycles. The molecule has 1 aromatic rings. The van der Waals surface area contributed by atoms with E-state index in [4.69, 9.17) is 0 Å². The molecule has 2 atom stereocenters. The summed E-state index contributed by atoms with van der Waals surface area (Å²) in [5.74, 6) is 0.